The monoisotopic (exact) mass is 307 g/mol. The highest BCUT2D eigenvalue weighted by atomic mass is 32.2. The minimum atomic E-state index is -0.252. The van der Waals surface area contributed by atoms with Crippen molar-refractivity contribution in [3.8, 4) is 0 Å². The van der Waals surface area contributed by atoms with E-state index in [-0.39, 0.29) is 17.8 Å². The highest BCUT2D eigenvalue weighted by Crippen LogP contribution is 2.36. The summed E-state index contributed by atoms with van der Waals surface area (Å²) in [6, 6.07) is 6.64. The second-order valence-electron chi connectivity index (χ2n) is 4.78. The van der Waals surface area contributed by atoms with Crippen LogP contribution in [0.1, 0.15) is 33.3 Å². The van der Waals surface area contributed by atoms with Gasteiger partial charge in [-0.3, -0.25) is 4.79 Å². The van der Waals surface area contributed by atoms with Crippen molar-refractivity contribution in [3.63, 3.8) is 0 Å². The maximum absolute atomic E-state index is 13.4. The van der Waals surface area contributed by atoms with E-state index in [9.17, 15) is 9.18 Å². The van der Waals surface area contributed by atoms with Gasteiger partial charge in [-0.1, -0.05) is 0 Å². The molecule has 0 bridgehead atoms. The molecule has 1 aromatic heterocycles. The van der Waals surface area contributed by atoms with Crippen molar-refractivity contribution >= 4 is 29.0 Å². The van der Waals surface area contributed by atoms with Gasteiger partial charge in [0.05, 0.1) is 10.9 Å². The van der Waals surface area contributed by atoms with E-state index in [1.54, 1.807) is 17.8 Å². The van der Waals surface area contributed by atoms with Crippen LogP contribution in [0.4, 0.5) is 4.39 Å². The van der Waals surface area contributed by atoms with Gasteiger partial charge in [0.2, 0.25) is 0 Å². The van der Waals surface area contributed by atoms with Gasteiger partial charge in [0, 0.05) is 10.6 Å². The minimum Gasteiger partial charge on any atom is -0.344 e. The number of rotatable bonds is 2. The average Bonchev–Trinajstić information content (AvgIpc) is 2.86. The van der Waals surface area contributed by atoms with Crippen LogP contribution in [0.2, 0.25) is 0 Å². The molecular weight excluding hydrogens is 293 g/mol. The van der Waals surface area contributed by atoms with Crippen LogP contribution < -0.4 is 5.32 Å². The Balaban J connectivity index is 1.85. The highest BCUT2D eigenvalue weighted by molar-refractivity contribution is 7.99. The van der Waals surface area contributed by atoms with Crippen LogP contribution in [-0.4, -0.2) is 11.7 Å². The molecule has 20 heavy (non-hydrogen) atoms. The zero-order valence-electron chi connectivity index (χ0n) is 11.0. The van der Waals surface area contributed by atoms with Crippen molar-refractivity contribution in [2.24, 2.45) is 0 Å². The van der Waals surface area contributed by atoms with Crippen LogP contribution in [0.15, 0.2) is 34.5 Å². The Hall–Kier alpha value is -1.33. The fraction of sp³-hybridized carbons (Fsp3) is 0.267. The van der Waals surface area contributed by atoms with E-state index in [0.29, 0.717) is 0 Å². The summed E-state index contributed by atoms with van der Waals surface area (Å²) in [7, 11) is 0. The molecule has 1 atom stereocenters. The summed E-state index contributed by atoms with van der Waals surface area (Å²) in [5.41, 5.74) is 1.88. The predicted molar refractivity (Wildman–Crippen MR) is 81.0 cm³/mol. The molecule has 0 aliphatic carbocycles. The largest absolute Gasteiger partial charge is 0.344 e. The number of amides is 1. The molecule has 2 heterocycles. The SMILES string of the molecule is Cc1ccsc1C(=O)NC1CCSc2ccc(F)cc21. The third kappa shape index (κ3) is 2.60. The Morgan fingerprint density at radius 2 is 2.25 bits per heavy atom. The summed E-state index contributed by atoms with van der Waals surface area (Å²) >= 11 is 3.15. The molecule has 1 amide bonds. The molecule has 1 aromatic carbocycles. The summed E-state index contributed by atoms with van der Waals surface area (Å²) in [6.07, 6.45) is 0.831. The van der Waals surface area contributed by atoms with Crippen molar-refractivity contribution in [3.05, 3.63) is 51.5 Å². The Kier molecular flexibility index (Phi) is 3.81. The van der Waals surface area contributed by atoms with Gasteiger partial charge in [0.25, 0.3) is 5.91 Å². The molecule has 104 valence electrons. The molecule has 1 aliphatic rings. The fourth-order valence-corrected chi connectivity index (χ4v) is 4.28. The third-order valence-electron chi connectivity index (χ3n) is 3.38. The van der Waals surface area contributed by atoms with E-state index in [4.69, 9.17) is 0 Å². The Morgan fingerprint density at radius 1 is 1.40 bits per heavy atom. The van der Waals surface area contributed by atoms with E-state index in [1.807, 2.05) is 18.4 Å². The van der Waals surface area contributed by atoms with Gasteiger partial charge in [-0.15, -0.1) is 23.1 Å². The molecule has 0 radical (unpaired) electrons. The predicted octanol–water partition coefficient (Wildman–Crippen LogP) is 4.16. The number of halogens is 1. The van der Waals surface area contributed by atoms with E-state index < -0.39 is 0 Å². The number of carbonyl (C=O) groups is 1. The van der Waals surface area contributed by atoms with Gasteiger partial charge >= 0.3 is 0 Å². The van der Waals surface area contributed by atoms with Gasteiger partial charge < -0.3 is 5.32 Å². The molecule has 2 aromatic rings. The van der Waals surface area contributed by atoms with Gasteiger partial charge in [0.1, 0.15) is 5.82 Å². The van der Waals surface area contributed by atoms with E-state index in [2.05, 4.69) is 5.32 Å². The lowest BCUT2D eigenvalue weighted by molar-refractivity contribution is 0.0938. The first kappa shape index (κ1) is 13.6. The Bertz CT molecular complexity index is 653. The third-order valence-corrected chi connectivity index (χ3v) is 5.52. The molecular formula is C15H14FNOS2. The summed E-state index contributed by atoms with van der Waals surface area (Å²) < 4.78 is 13.4. The fourth-order valence-electron chi connectivity index (χ4n) is 2.34. The zero-order chi connectivity index (χ0) is 14.1. The molecule has 1 N–H and O–H groups in total. The topological polar surface area (TPSA) is 29.1 Å². The van der Waals surface area contributed by atoms with Crippen molar-refractivity contribution in [1.29, 1.82) is 0 Å². The van der Waals surface area contributed by atoms with E-state index in [1.165, 1.54) is 23.5 Å². The molecule has 0 saturated heterocycles. The van der Waals surface area contributed by atoms with E-state index in [0.717, 1.165) is 33.1 Å². The van der Waals surface area contributed by atoms with E-state index >= 15 is 0 Å². The summed E-state index contributed by atoms with van der Waals surface area (Å²) in [4.78, 5) is 14.1. The number of thioether (sulfide) groups is 1. The first-order chi connectivity index (χ1) is 9.65. The van der Waals surface area contributed by atoms with Crippen LogP contribution >= 0.6 is 23.1 Å². The highest BCUT2D eigenvalue weighted by Gasteiger charge is 2.24. The molecule has 1 aliphatic heterocycles. The number of hydrogen-bond acceptors (Lipinski definition) is 3. The number of fused-ring (bicyclic) bond motifs is 1. The van der Waals surface area contributed by atoms with Gasteiger partial charge in [-0.05, 0) is 54.1 Å². The number of carbonyl (C=O) groups excluding carboxylic acids is 1. The smallest absolute Gasteiger partial charge is 0.262 e. The summed E-state index contributed by atoms with van der Waals surface area (Å²) in [6.45, 7) is 1.93. The van der Waals surface area contributed by atoms with Crippen LogP contribution in [0.3, 0.4) is 0 Å². The van der Waals surface area contributed by atoms with Gasteiger partial charge in [-0.25, -0.2) is 4.39 Å². The second kappa shape index (κ2) is 5.58. The molecule has 3 rings (SSSR count). The standard InChI is InChI=1S/C15H14FNOS2/c1-9-4-6-20-14(9)15(18)17-12-5-7-19-13-3-2-10(16)8-11(12)13/h2-4,6,8,12H,5,7H2,1H3,(H,17,18). The molecule has 2 nitrogen and oxygen atoms in total. The number of thiophene rings is 1. The van der Waals surface area contributed by atoms with Gasteiger partial charge in [-0.2, -0.15) is 0 Å². The number of hydrogen-bond donors (Lipinski definition) is 1. The zero-order valence-corrected chi connectivity index (χ0v) is 12.6. The summed E-state index contributed by atoms with van der Waals surface area (Å²) in [5.74, 6) is 0.620. The molecule has 5 heteroatoms. The lowest BCUT2D eigenvalue weighted by atomic mass is 10.0. The quantitative estimate of drug-likeness (QED) is 0.902. The minimum absolute atomic E-state index is 0.0652. The summed E-state index contributed by atoms with van der Waals surface area (Å²) in [5, 5.41) is 4.95. The van der Waals surface area contributed by atoms with Crippen molar-refractivity contribution in [2.45, 2.75) is 24.3 Å². The maximum Gasteiger partial charge on any atom is 0.262 e. The second-order valence-corrected chi connectivity index (χ2v) is 6.83. The lowest BCUT2D eigenvalue weighted by Gasteiger charge is -2.25. The van der Waals surface area contributed by atoms with Crippen molar-refractivity contribution in [1.82, 2.24) is 5.32 Å². The Morgan fingerprint density at radius 3 is 3.00 bits per heavy atom. The van der Waals surface area contributed by atoms with Crippen LogP contribution in [0.5, 0.6) is 0 Å². The van der Waals surface area contributed by atoms with Crippen molar-refractivity contribution < 1.29 is 9.18 Å². The first-order valence-electron chi connectivity index (χ1n) is 6.42. The van der Waals surface area contributed by atoms with Crippen molar-refractivity contribution in [2.75, 3.05) is 5.75 Å². The normalized spacial score (nSPS) is 17.6. The van der Waals surface area contributed by atoms with Crippen LogP contribution in [0, 0.1) is 12.7 Å². The molecule has 0 fully saturated rings. The van der Waals surface area contributed by atoms with Crippen LogP contribution in [0.25, 0.3) is 0 Å². The molecule has 1 unspecified atom stereocenters. The lowest BCUT2D eigenvalue weighted by Crippen LogP contribution is -2.30. The van der Waals surface area contributed by atoms with Gasteiger partial charge in [0.15, 0.2) is 0 Å². The first-order valence-corrected chi connectivity index (χ1v) is 8.29. The number of nitrogens with one attached hydrogen (secondary N) is 1. The molecule has 0 spiro atoms. The maximum atomic E-state index is 13.4. The molecule has 0 saturated carbocycles. The average molecular weight is 307 g/mol. The van der Waals surface area contributed by atoms with Crippen LogP contribution in [-0.2, 0) is 0 Å². The number of aryl methyl sites for hydroxylation is 1. The number of benzene rings is 1. The Labute approximate surface area is 125 Å².